The van der Waals surface area contributed by atoms with Crippen LogP contribution in [0, 0.1) is 5.92 Å². The Hall–Kier alpha value is -1.57. The molecular weight excluding hydrogens is 198 g/mol. The Morgan fingerprint density at radius 3 is 3.00 bits per heavy atom. The number of ether oxygens (including phenoxy) is 1. The fourth-order valence-electron chi connectivity index (χ4n) is 1.47. The third kappa shape index (κ3) is 2.72. The maximum absolute atomic E-state index is 7.53. The SMILES string of the molecule is [2H]c1ccc2nc(OCCC(C)C)ccc2c1. The first-order valence-electron chi connectivity index (χ1n) is 6.15. The molecule has 1 aromatic carbocycles. The van der Waals surface area contributed by atoms with Crippen molar-refractivity contribution in [2.75, 3.05) is 6.61 Å². The van der Waals surface area contributed by atoms with Gasteiger partial charge in [-0.2, -0.15) is 0 Å². The summed E-state index contributed by atoms with van der Waals surface area (Å²) in [6.45, 7) is 5.05. The van der Waals surface area contributed by atoms with E-state index in [1.807, 2.05) is 18.2 Å². The van der Waals surface area contributed by atoms with Crippen LogP contribution >= 0.6 is 0 Å². The molecule has 0 fully saturated rings. The second-order valence-corrected chi connectivity index (χ2v) is 4.30. The lowest BCUT2D eigenvalue weighted by atomic mass is 10.1. The smallest absolute Gasteiger partial charge is 0.213 e. The van der Waals surface area contributed by atoms with E-state index >= 15 is 0 Å². The monoisotopic (exact) mass is 216 g/mol. The predicted octanol–water partition coefficient (Wildman–Crippen LogP) is 3.66. The molecule has 0 radical (unpaired) electrons. The zero-order valence-corrected chi connectivity index (χ0v) is 9.73. The molecule has 0 spiro atoms. The summed E-state index contributed by atoms with van der Waals surface area (Å²) in [7, 11) is 0. The third-order valence-corrected chi connectivity index (χ3v) is 2.45. The quantitative estimate of drug-likeness (QED) is 0.778. The molecule has 1 aromatic heterocycles. The van der Waals surface area contributed by atoms with Crippen LogP contribution in [0.15, 0.2) is 36.4 Å². The summed E-state index contributed by atoms with van der Waals surface area (Å²) in [6.07, 6.45) is 1.03. The molecule has 2 aromatic rings. The van der Waals surface area contributed by atoms with Gasteiger partial charge in [-0.1, -0.05) is 32.0 Å². The lowest BCUT2D eigenvalue weighted by Crippen LogP contribution is -2.02. The van der Waals surface area contributed by atoms with Crippen molar-refractivity contribution in [3.63, 3.8) is 0 Å². The van der Waals surface area contributed by atoms with Crippen molar-refractivity contribution in [2.45, 2.75) is 20.3 Å². The van der Waals surface area contributed by atoms with Crippen LogP contribution in [-0.2, 0) is 0 Å². The minimum Gasteiger partial charge on any atom is -0.478 e. The highest BCUT2D eigenvalue weighted by molar-refractivity contribution is 5.78. The number of hydrogen-bond acceptors (Lipinski definition) is 2. The molecule has 0 atom stereocenters. The highest BCUT2D eigenvalue weighted by Crippen LogP contribution is 2.16. The summed E-state index contributed by atoms with van der Waals surface area (Å²) < 4.78 is 13.1. The largest absolute Gasteiger partial charge is 0.478 e. The molecule has 0 saturated heterocycles. The summed E-state index contributed by atoms with van der Waals surface area (Å²) in [5, 5.41) is 0.980. The van der Waals surface area contributed by atoms with Gasteiger partial charge in [0.05, 0.1) is 13.5 Å². The normalized spacial score (nSPS) is 11.8. The highest BCUT2D eigenvalue weighted by Gasteiger charge is 1.99. The average molecular weight is 216 g/mol. The van der Waals surface area contributed by atoms with Crippen LogP contribution in [0.2, 0.25) is 0 Å². The molecular formula is C14H17NO. The Balaban J connectivity index is 2.12. The van der Waals surface area contributed by atoms with Gasteiger partial charge in [0.1, 0.15) is 0 Å². The van der Waals surface area contributed by atoms with Crippen LogP contribution < -0.4 is 4.74 Å². The summed E-state index contributed by atoms with van der Waals surface area (Å²) in [4.78, 5) is 4.41. The zero-order chi connectivity index (χ0) is 12.3. The van der Waals surface area contributed by atoms with E-state index in [2.05, 4.69) is 18.8 Å². The number of nitrogens with zero attached hydrogens (tertiary/aromatic N) is 1. The standard InChI is InChI=1S/C14H17NO/c1-11(2)9-10-16-14-8-7-12-5-3-4-6-13(12)15-14/h3-8,11H,9-10H2,1-2H3/i3D. The lowest BCUT2D eigenvalue weighted by Gasteiger charge is -2.07. The number of aromatic nitrogens is 1. The molecule has 0 bridgehead atoms. The van der Waals surface area contributed by atoms with Crippen molar-refractivity contribution in [3.05, 3.63) is 36.4 Å². The second-order valence-electron chi connectivity index (χ2n) is 4.30. The Bertz CT molecular complexity index is 511. The van der Waals surface area contributed by atoms with Crippen molar-refractivity contribution >= 4 is 10.9 Å². The van der Waals surface area contributed by atoms with E-state index in [-0.39, 0.29) is 0 Å². The summed E-state index contributed by atoms with van der Waals surface area (Å²) >= 11 is 0. The van der Waals surface area contributed by atoms with Gasteiger partial charge in [-0.25, -0.2) is 4.98 Å². The number of benzene rings is 1. The Kier molecular flexibility index (Phi) is 3.00. The van der Waals surface area contributed by atoms with Crippen LogP contribution in [0.5, 0.6) is 5.88 Å². The molecule has 2 heteroatoms. The molecule has 2 rings (SSSR count). The van der Waals surface area contributed by atoms with Crippen molar-refractivity contribution < 1.29 is 6.11 Å². The fraction of sp³-hybridized carbons (Fsp3) is 0.357. The maximum Gasteiger partial charge on any atom is 0.213 e. The minimum atomic E-state index is 0.507. The fourth-order valence-corrected chi connectivity index (χ4v) is 1.47. The zero-order valence-electron chi connectivity index (χ0n) is 10.7. The van der Waals surface area contributed by atoms with E-state index in [1.165, 1.54) is 0 Å². The van der Waals surface area contributed by atoms with E-state index in [0.717, 1.165) is 17.3 Å². The van der Waals surface area contributed by atoms with Gasteiger partial charge in [-0.15, -0.1) is 0 Å². The third-order valence-electron chi connectivity index (χ3n) is 2.45. The van der Waals surface area contributed by atoms with E-state index in [1.54, 1.807) is 12.1 Å². The van der Waals surface area contributed by atoms with Crippen LogP contribution in [0.4, 0.5) is 0 Å². The lowest BCUT2D eigenvalue weighted by molar-refractivity contribution is 0.280. The van der Waals surface area contributed by atoms with Crippen LogP contribution in [0.25, 0.3) is 10.9 Å². The van der Waals surface area contributed by atoms with Crippen molar-refractivity contribution in [3.8, 4) is 5.88 Å². The number of fused-ring (bicyclic) bond motifs is 1. The molecule has 0 N–H and O–H groups in total. The first-order chi connectivity index (χ1) is 8.15. The van der Waals surface area contributed by atoms with Crippen molar-refractivity contribution in [2.24, 2.45) is 5.92 Å². The molecule has 2 nitrogen and oxygen atoms in total. The Labute approximate surface area is 97.7 Å². The minimum absolute atomic E-state index is 0.507. The number of hydrogen-bond donors (Lipinski definition) is 0. The second kappa shape index (κ2) is 4.97. The summed E-state index contributed by atoms with van der Waals surface area (Å²) in [5.41, 5.74) is 0.878. The van der Waals surface area contributed by atoms with Crippen LogP contribution in [-0.4, -0.2) is 11.6 Å². The molecule has 1 heterocycles. The maximum atomic E-state index is 7.53. The van der Waals surface area contributed by atoms with Gasteiger partial charge in [0.15, 0.2) is 0 Å². The molecule has 0 aliphatic carbocycles. The number of pyridine rings is 1. The van der Waals surface area contributed by atoms with Crippen LogP contribution in [0.3, 0.4) is 0 Å². The van der Waals surface area contributed by atoms with Gasteiger partial charge in [0, 0.05) is 11.5 Å². The topological polar surface area (TPSA) is 22.1 Å². The summed E-state index contributed by atoms with van der Waals surface area (Å²) in [5.74, 6) is 1.30. The van der Waals surface area contributed by atoms with E-state index in [9.17, 15) is 0 Å². The molecule has 0 amide bonds. The average Bonchev–Trinajstić information content (AvgIpc) is 2.29. The number of para-hydroxylation sites is 1. The molecule has 16 heavy (non-hydrogen) atoms. The highest BCUT2D eigenvalue weighted by atomic mass is 16.5. The van der Waals surface area contributed by atoms with Gasteiger partial charge >= 0.3 is 0 Å². The van der Waals surface area contributed by atoms with Gasteiger partial charge in [-0.05, 0) is 24.5 Å². The van der Waals surface area contributed by atoms with E-state index in [0.29, 0.717) is 24.4 Å². The first kappa shape index (κ1) is 9.64. The number of rotatable bonds is 4. The van der Waals surface area contributed by atoms with Gasteiger partial charge < -0.3 is 4.74 Å². The predicted molar refractivity (Wildman–Crippen MR) is 66.7 cm³/mol. The van der Waals surface area contributed by atoms with Gasteiger partial charge in [0.25, 0.3) is 0 Å². The van der Waals surface area contributed by atoms with Gasteiger partial charge in [-0.3, -0.25) is 0 Å². The molecule has 0 saturated carbocycles. The molecule has 0 unspecified atom stereocenters. The first-order valence-corrected chi connectivity index (χ1v) is 5.65. The van der Waals surface area contributed by atoms with Crippen molar-refractivity contribution in [1.82, 2.24) is 4.98 Å². The van der Waals surface area contributed by atoms with Gasteiger partial charge in [0.2, 0.25) is 5.88 Å². The van der Waals surface area contributed by atoms with E-state index in [4.69, 9.17) is 6.11 Å². The molecule has 84 valence electrons. The van der Waals surface area contributed by atoms with Crippen molar-refractivity contribution in [1.29, 1.82) is 0 Å². The van der Waals surface area contributed by atoms with E-state index < -0.39 is 0 Å². The summed E-state index contributed by atoms with van der Waals surface area (Å²) in [6, 6.07) is 9.72. The molecule has 0 aliphatic heterocycles. The molecule has 0 aliphatic rings. The van der Waals surface area contributed by atoms with Crippen LogP contribution in [0.1, 0.15) is 21.6 Å². The Morgan fingerprint density at radius 2 is 2.19 bits per heavy atom. The Morgan fingerprint density at radius 1 is 1.31 bits per heavy atom.